The van der Waals surface area contributed by atoms with Crippen molar-refractivity contribution in [3.8, 4) is 0 Å². The van der Waals surface area contributed by atoms with Crippen LogP contribution in [0.1, 0.15) is 32.6 Å². The maximum atomic E-state index is 3.57. The number of hydrogen-bond donors (Lipinski definition) is 1. The zero-order chi connectivity index (χ0) is 12.4. The van der Waals surface area contributed by atoms with E-state index >= 15 is 0 Å². The average Bonchev–Trinajstić information content (AvgIpc) is 2.80. The first kappa shape index (κ1) is 12.9. The van der Waals surface area contributed by atoms with Crippen LogP contribution in [-0.2, 0) is 0 Å². The zero-order valence-corrected chi connectivity index (χ0v) is 11.9. The molecule has 0 aromatic rings. The molecule has 3 aliphatic heterocycles. The summed E-state index contributed by atoms with van der Waals surface area (Å²) in [6.45, 7) is 11.5. The van der Waals surface area contributed by atoms with E-state index in [1.54, 1.807) is 0 Å². The topological polar surface area (TPSA) is 18.5 Å². The molecule has 2 bridgehead atoms. The van der Waals surface area contributed by atoms with Gasteiger partial charge in [-0.15, -0.1) is 0 Å². The van der Waals surface area contributed by atoms with E-state index in [2.05, 4.69) is 22.0 Å². The minimum atomic E-state index is 0.885. The molecular weight excluding hydrogens is 222 g/mol. The molecule has 3 heterocycles. The molecule has 4 atom stereocenters. The molecule has 3 nitrogen and oxygen atoms in total. The van der Waals surface area contributed by atoms with Crippen molar-refractivity contribution < 1.29 is 0 Å². The second-order valence-electron chi connectivity index (χ2n) is 6.51. The number of hydrogen-bond acceptors (Lipinski definition) is 3. The van der Waals surface area contributed by atoms with Gasteiger partial charge in [0.05, 0.1) is 0 Å². The lowest BCUT2D eigenvalue weighted by Gasteiger charge is -2.40. The van der Waals surface area contributed by atoms with E-state index in [9.17, 15) is 0 Å². The van der Waals surface area contributed by atoms with E-state index in [4.69, 9.17) is 0 Å². The minimum Gasteiger partial charge on any atom is -0.316 e. The molecule has 3 heteroatoms. The third kappa shape index (κ3) is 2.73. The molecule has 0 aliphatic carbocycles. The SMILES string of the molecule is CCN(CC1CCCNC1)C1CCN2CCC1C2. The highest BCUT2D eigenvalue weighted by Crippen LogP contribution is 2.31. The van der Waals surface area contributed by atoms with Crippen molar-refractivity contribution in [3.63, 3.8) is 0 Å². The summed E-state index contributed by atoms with van der Waals surface area (Å²) in [7, 11) is 0. The van der Waals surface area contributed by atoms with Crippen LogP contribution >= 0.6 is 0 Å². The van der Waals surface area contributed by atoms with Gasteiger partial charge >= 0.3 is 0 Å². The van der Waals surface area contributed by atoms with Crippen LogP contribution in [0.5, 0.6) is 0 Å². The summed E-state index contributed by atoms with van der Waals surface area (Å²) >= 11 is 0. The quantitative estimate of drug-likeness (QED) is 0.815. The maximum absolute atomic E-state index is 3.57. The Bertz CT molecular complexity index is 262. The highest BCUT2D eigenvalue weighted by atomic mass is 15.2. The Morgan fingerprint density at radius 3 is 2.89 bits per heavy atom. The molecule has 104 valence electrons. The van der Waals surface area contributed by atoms with Crippen molar-refractivity contribution in [3.05, 3.63) is 0 Å². The molecule has 0 radical (unpaired) electrons. The minimum absolute atomic E-state index is 0.885. The summed E-state index contributed by atoms with van der Waals surface area (Å²) in [4.78, 5) is 5.47. The van der Waals surface area contributed by atoms with Gasteiger partial charge in [-0.05, 0) is 70.2 Å². The van der Waals surface area contributed by atoms with Gasteiger partial charge in [-0.3, -0.25) is 4.90 Å². The van der Waals surface area contributed by atoms with Crippen LogP contribution in [0.4, 0.5) is 0 Å². The Balaban J connectivity index is 1.57. The van der Waals surface area contributed by atoms with E-state index in [1.165, 1.54) is 71.5 Å². The predicted molar refractivity (Wildman–Crippen MR) is 75.8 cm³/mol. The highest BCUT2D eigenvalue weighted by molar-refractivity contribution is 4.92. The van der Waals surface area contributed by atoms with Crippen LogP contribution in [-0.4, -0.2) is 61.7 Å². The lowest BCUT2D eigenvalue weighted by atomic mass is 9.90. The molecule has 0 amide bonds. The van der Waals surface area contributed by atoms with Crippen molar-refractivity contribution in [2.24, 2.45) is 11.8 Å². The number of nitrogens with zero attached hydrogens (tertiary/aromatic N) is 2. The molecule has 3 aliphatic rings. The Labute approximate surface area is 112 Å². The monoisotopic (exact) mass is 251 g/mol. The summed E-state index contributed by atoms with van der Waals surface area (Å²) in [6, 6.07) is 0.885. The van der Waals surface area contributed by atoms with Crippen molar-refractivity contribution in [2.45, 2.75) is 38.6 Å². The van der Waals surface area contributed by atoms with Crippen LogP contribution < -0.4 is 5.32 Å². The molecule has 1 N–H and O–H groups in total. The fourth-order valence-electron chi connectivity index (χ4n) is 4.32. The first-order valence-corrected chi connectivity index (χ1v) is 8.04. The fourth-order valence-corrected chi connectivity index (χ4v) is 4.32. The van der Waals surface area contributed by atoms with E-state index in [0.717, 1.165) is 17.9 Å². The van der Waals surface area contributed by atoms with Crippen LogP contribution in [0.25, 0.3) is 0 Å². The van der Waals surface area contributed by atoms with Gasteiger partial charge in [0.2, 0.25) is 0 Å². The van der Waals surface area contributed by atoms with Crippen LogP contribution in [0, 0.1) is 11.8 Å². The summed E-state index contributed by atoms with van der Waals surface area (Å²) in [5.41, 5.74) is 0. The molecule has 0 saturated carbocycles. The first-order valence-electron chi connectivity index (χ1n) is 8.04. The molecule has 3 saturated heterocycles. The molecular formula is C15H29N3. The van der Waals surface area contributed by atoms with Gasteiger partial charge in [0, 0.05) is 19.1 Å². The maximum Gasteiger partial charge on any atom is 0.0148 e. The van der Waals surface area contributed by atoms with Crippen LogP contribution in [0.15, 0.2) is 0 Å². The van der Waals surface area contributed by atoms with Crippen molar-refractivity contribution in [2.75, 3.05) is 45.8 Å². The van der Waals surface area contributed by atoms with Gasteiger partial charge in [-0.25, -0.2) is 0 Å². The van der Waals surface area contributed by atoms with E-state index in [0.29, 0.717) is 0 Å². The molecule has 0 aromatic heterocycles. The number of fused-ring (bicyclic) bond motifs is 2. The summed E-state index contributed by atoms with van der Waals surface area (Å²) in [5, 5.41) is 3.57. The van der Waals surface area contributed by atoms with Crippen molar-refractivity contribution in [1.29, 1.82) is 0 Å². The molecule has 3 fully saturated rings. The van der Waals surface area contributed by atoms with E-state index < -0.39 is 0 Å². The van der Waals surface area contributed by atoms with Gasteiger partial charge in [0.1, 0.15) is 0 Å². The predicted octanol–water partition coefficient (Wildman–Crippen LogP) is 1.40. The molecule has 18 heavy (non-hydrogen) atoms. The third-order valence-corrected chi connectivity index (χ3v) is 5.36. The van der Waals surface area contributed by atoms with Crippen molar-refractivity contribution in [1.82, 2.24) is 15.1 Å². The summed E-state index contributed by atoms with van der Waals surface area (Å²) in [6.07, 6.45) is 5.68. The van der Waals surface area contributed by atoms with Gasteiger partial charge in [0.15, 0.2) is 0 Å². The van der Waals surface area contributed by atoms with Gasteiger partial charge in [-0.2, -0.15) is 0 Å². The summed E-state index contributed by atoms with van der Waals surface area (Å²) < 4.78 is 0. The summed E-state index contributed by atoms with van der Waals surface area (Å²) in [5.74, 6) is 1.87. The van der Waals surface area contributed by atoms with E-state index in [-0.39, 0.29) is 0 Å². The molecule has 0 spiro atoms. The molecule has 3 rings (SSSR count). The average molecular weight is 251 g/mol. The van der Waals surface area contributed by atoms with Crippen LogP contribution in [0.2, 0.25) is 0 Å². The Morgan fingerprint density at radius 2 is 2.11 bits per heavy atom. The number of piperidine rings is 2. The highest BCUT2D eigenvalue weighted by Gasteiger charge is 2.37. The number of rotatable bonds is 4. The van der Waals surface area contributed by atoms with Crippen molar-refractivity contribution >= 4 is 0 Å². The second-order valence-corrected chi connectivity index (χ2v) is 6.51. The van der Waals surface area contributed by atoms with Gasteiger partial charge < -0.3 is 10.2 Å². The first-order chi connectivity index (χ1) is 8.86. The fraction of sp³-hybridized carbons (Fsp3) is 1.00. The standard InChI is InChI=1S/C15H29N3/c1-2-18(11-13-4-3-7-16-10-13)15-6-9-17-8-5-14(15)12-17/h13-16H,2-12H2,1H3. The Hall–Kier alpha value is -0.120. The Morgan fingerprint density at radius 1 is 1.22 bits per heavy atom. The van der Waals surface area contributed by atoms with Gasteiger partial charge in [0.25, 0.3) is 0 Å². The lowest BCUT2D eigenvalue weighted by Crippen LogP contribution is -2.49. The second kappa shape index (κ2) is 5.89. The normalized spacial score (nSPS) is 40.3. The van der Waals surface area contributed by atoms with Crippen LogP contribution in [0.3, 0.4) is 0 Å². The Kier molecular flexibility index (Phi) is 4.22. The van der Waals surface area contributed by atoms with Gasteiger partial charge in [-0.1, -0.05) is 6.92 Å². The zero-order valence-electron chi connectivity index (χ0n) is 11.9. The number of nitrogens with one attached hydrogen (secondary N) is 1. The molecule has 4 unspecified atom stereocenters. The third-order valence-electron chi connectivity index (χ3n) is 5.36. The smallest absolute Gasteiger partial charge is 0.0148 e. The molecule has 0 aromatic carbocycles. The van der Waals surface area contributed by atoms with E-state index in [1.807, 2.05) is 0 Å². The largest absolute Gasteiger partial charge is 0.316 e. The lowest BCUT2D eigenvalue weighted by molar-refractivity contribution is 0.0849.